The molecule has 1 aliphatic heterocycles. The van der Waals surface area contributed by atoms with E-state index in [0.29, 0.717) is 0 Å². The zero-order valence-electron chi connectivity index (χ0n) is 20.4. The lowest BCUT2D eigenvalue weighted by molar-refractivity contribution is 0.0559. The number of benzene rings is 2. The van der Waals surface area contributed by atoms with Crippen molar-refractivity contribution in [2.75, 3.05) is 14.1 Å². The van der Waals surface area contributed by atoms with Gasteiger partial charge in [-0.15, -0.1) is 0 Å². The Kier molecular flexibility index (Phi) is 5.84. The number of aromatic nitrogens is 1. The monoisotopic (exact) mass is 449 g/mol. The molecular weight excluding hydrogens is 414 g/mol. The molecule has 1 aliphatic rings. The SMILES string of the molecule is C=c1c(C)cc(-c2ccc3nc(OC4CC(C)(C)NC(C)(C)C4)sc3c2)c/c1=C/N(C)C. The lowest BCUT2D eigenvalue weighted by Gasteiger charge is -2.45. The molecule has 0 unspecified atom stereocenters. The third-order valence-electron chi connectivity index (χ3n) is 6.03. The van der Waals surface area contributed by atoms with Crippen molar-refractivity contribution in [1.29, 1.82) is 0 Å². The number of piperidine rings is 1. The standard InChI is InChI=1S/C27H35N3OS/c1-17-11-20(12-21(18(17)2)16-30(7)8)19-9-10-23-24(13-19)32-25(28-23)31-22-14-26(3,4)29-27(5,6)15-22/h9-13,16,22,29H,2,14-15H2,1,3-8H3/b21-16-. The van der Waals surface area contributed by atoms with Crippen LogP contribution >= 0.6 is 11.3 Å². The van der Waals surface area contributed by atoms with E-state index in [1.54, 1.807) is 11.3 Å². The van der Waals surface area contributed by atoms with Crippen molar-refractivity contribution in [2.45, 2.75) is 64.6 Å². The third-order valence-corrected chi connectivity index (χ3v) is 6.94. The van der Waals surface area contributed by atoms with Gasteiger partial charge in [-0.1, -0.05) is 30.0 Å². The maximum Gasteiger partial charge on any atom is 0.274 e. The van der Waals surface area contributed by atoms with E-state index < -0.39 is 0 Å². The van der Waals surface area contributed by atoms with Gasteiger partial charge in [-0.3, -0.25) is 0 Å². The third kappa shape index (κ3) is 5.00. The average Bonchev–Trinajstić information content (AvgIpc) is 3.03. The lowest BCUT2D eigenvalue weighted by atomic mass is 9.81. The summed E-state index contributed by atoms with van der Waals surface area (Å²) in [5.74, 6) is 0. The Morgan fingerprint density at radius 1 is 1.09 bits per heavy atom. The summed E-state index contributed by atoms with van der Waals surface area (Å²) in [7, 11) is 4.08. The first-order valence-corrected chi connectivity index (χ1v) is 12.1. The largest absolute Gasteiger partial charge is 0.467 e. The zero-order valence-corrected chi connectivity index (χ0v) is 21.2. The first kappa shape index (κ1) is 22.8. The summed E-state index contributed by atoms with van der Waals surface area (Å²) >= 11 is 1.64. The van der Waals surface area contributed by atoms with Gasteiger partial charge in [0.2, 0.25) is 0 Å². The quantitative estimate of drug-likeness (QED) is 0.628. The molecule has 0 atom stereocenters. The molecule has 1 aromatic heterocycles. The second-order valence-electron chi connectivity index (χ2n) is 10.7. The lowest BCUT2D eigenvalue weighted by Crippen LogP contribution is -2.60. The van der Waals surface area contributed by atoms with Gasteiger partial charge in [0.05, 0.1) is 10.2 Å². The van der Waals surface area contributed by atoms with Crippen molar-refractivity contribution in [3.05, 3.63) is 46.3 Å². The van der Waals surface area contributed by atoms with Crippen LogP contribution in [0.1, 0.15) is 46.1 Å². The summed E-state index contributed by atoms with van der Waals surface area (Å²) in [5, 5.41) is 6.70. The summed E-state index contributed by atoms with van der Waals surface area (Å²) in [6, 6.07) is 10.9. The molecule has 0 aliphatic carbocycles. The molecule has 3 aromatic rings. The number of hydrogen-bond donors (Lipinski definition) is 1. The summed E-state index contributed by atoms with van der Waals surface area (Å²) in [6.45, 7) is 15.4. The molecule has 1 N–H and O–H groups in total. The molecule has 2 heterocycles. The van der Waals surface area contributed by atoms with E-state index in [1.165, 1.54) is 16.7 Å². The van der Waals surface area contributed by atoms with Crippen LogP contribution in [-0.2, 0) is 0 Å². The minimum absolute atomic E-state index is 0.0513. The minimum atomic E-state index is 0.0513. The molecule has 1 fully saturated rings. The van der Waals surface area contributed by atoms with Crippen LogP contribution in [0.15, 0.2) is 30.3 Å². The number of hydrogen-bond acceptors (Lipinski definition) is 5. The predicted molar refractivity (Wildman–Crippen MR) is 138 cm³/mol. The summed E-state index contributed by atoms with van der Waals surface area (Å²) in [4.78, 5) is 6.84. The maximum atomic E-state index is 6.40. The van der Waals surface area contributed by atoms with Crippen LogP contribution in [0.25, 0.3) is 34.1 Å². The molecule has 5 heteroatoms. The van der Waals surface area contributed by atoms with Gasteiger partial charge in [0, 0.05) is 44.2 Å². The molecule has 0 spiro atoms. The van der Waals surface area contributed by atoms with Gasteiger partial charge in [-0.2, -0.15) is 0 Å². The molecular formula is C27H35N3OS. The first-order chi connectivity index (χ1) is 14.9. The highest BCUT2D eigenvalue weighted by atomic mass is 32.1. The molecule has 4 nitrogen and oxygen atoms in total. The number of nitrogens with one attached hydrogen (secondary N) is 1. The van der Waals surface area contributed by atoms with Crippen molar-refractivity contribution < 1.29 is 4.74 Å². The Bertz CT molecular complexity index is 1240. The molecule has 0 amide bonds. The summed E-state index contributed by atoms with van der Waals surface area (Å²) in [5.41, 5.74) is 4.67. The van der Waals surface area contributed by atoms with Gasteiger partial charge in [-0.25, -0.2) is 4.98 Å². The van der Waals surface area contributed by atoms with Crippen LogP contribution < -0.4 is 20.5 Å². The molecule has 1 saturated heterocycles. The highest BCUT2D eigenvalue weighted by molar-refractivity contribution is 7.20. The second-order valence-corrected chi connectivity index (χ2v) is 11.6. The van der Waals surface area contributed by atoms with Crippen LogP contribution in [0.3, 0.4) is 0 Å². The van der Waals surface area contributed by atoms with Crippen LogP contribution in [0, 0.1) is 6.92 Å². The topological polar surface area (TPSA) is 37.4 Å². The molecule has 170 valence electrons. The van der Waals surface area contributed by atoms with Crippen LogP contribution in [0.4, 0.5) is 0 Å². The second kappa shape index (κ2) is 8.20. The number of nitrogens with zero attached hydrogens (tertiary/aromatic N) is 2. The smallest absolute Gasteiger partial charge is 0.274 e. The van der Waals surface area contributed by atoms with Gasteiger partial charge < -0.3 is 15.0 Å². The number of thiazole rings is 1. The Morgan fingerprint density at radius 3 is 2.44 bits per heavy atom. The molecule has 0 saturated carbocycles. The fourth-order valence-corrected chi connectivity index (χ4v) is 5.91. The Balaban J connectivity index is 1.65. The summed E-state index contributed by atoms with van der Waals surface area (Å²) in [6.07, 6.45) is 4.23. The highest BCUT2D eigenvalue weighted by Gasteiger charge is 2.39. The van der Waals surface area contributed by atoms with Crippen LogP contribution in [0.5, 0.6) is 5.19 Å². The van der Waals surface area contributed by atoms with Crippen molar-refractivity contribution in [3.63, 3.8) is 0 Å². The van der Waals surface area contributed by atoms with Crippen molar-refractivity contribution >= 4 is 34.3 Å². The van der Waals surface area contributed by atoms with Gasteiger partial charge in [0.1, 0.15) is 6.10 Å². The fourth-order valence-electron chi connectivity index (χ4n) is 4.99. The predicted octanol–water partition coefficient (Wildman–Crippen LogP) is 4.67. The van der Waals surface area contributed by atoms with E-state index in [2.05, 4.69) is 87.9 Å². The Hall–Kier alpha value is -2.37. The molecule has 0 bridgehead atoms. The Labute approximate surface area is 195 Å². The fraction of sp³-hybridized carbons (Fsp3) is 0.444. The van der Waals surface area contributed by atoms with Crippen LogP contribution in [0.2, 0.25) is 0 Å². The first-order valence-electron chi connectivity index (χ1n) is 11.3. The molecule has 4 rings (SSSR count). The van der Waals surface area contributed by atoms with Gasteiger partial charge in [-0.05, 0) is 79.9 Å². The van der Waals surface area contributed by atoms with E-state index >= 15 is 0 Å². The van der Waals surface area contributed by atoms with E-state index in [1.807, 2.05) is 14.1 Å². The highest BCUT2D eigenvalue weighted by Crippen LogP contribution is 2.35. The summed E-state index contributed by atoms with van der Waals surface area (Å²) < 4.78 is 7.56. The minimum Gasteiger partial charge on any atom is -0.467 e. The number of fused-ring (bicyclic) bond motifs is 1. The van der Waals surface area contributed by atoms with Crippen LogP contribution in [-0.4, -0.2) is 41.2 Å². The van der Waals surface area contributed by atoms with E-state index in [4.69, 9.17) is 9.72 Å². The van der Waals surface area contributed by atoms with E-state index in [9.17, 15) is 0 Å². The van der Waals surface area contributed by atoms with Crippen molar-refractivity contribution in [3.8, 4) is 16.3 Å². The maximum absolute atomic E-state index is 6.40. The molecule has 32 heavy (non-hydrogen) atoms. The van der Waals surface area contributed by atoms with E-state index in [-0.39, 0.29) is 17.2 Å². The van der Waals surface area contributed by atoms with Gasteiger partial charge in [0.15, 0.2) is 0 Å². The van der Waals surface area contributed by atoms with Crippen molar-refractivity contribution in [2.24, 2.45) is 0 Å². The number of ether oxygens (including phenoxy) is 1. The molecule has 2 aromatic carbocycles. The van der Waals surface area contributed by atoms with Gasteiger partial charge in [0.25, 0.3) is 5.19 Å². The van der Waals surface area contributed by atoms with Gasteiger partial charge >= 0.3 is 0 Å². The number of aryl methyl sites for hydroxylation is 1. The van der Waals surface area contributed by atoms with E-state index in [0.717, 1.165) is 38.7 Å². The average molecular weight is 450 g/mol. The molecule has 0 radical (unpaired) electrons. The van der Waals surface area contributed by atoms with Crippen molar-refractivity contribution in [1.82, 2.24) is 15.2 Å². The number of rotatable bonds is 4. The zero-order chi connectivity index (χ0) is 23.3. The Morgan fingerprint density at radius 2 is 1.78 bits per heavy atom. The normalized spacial score (nSPS) is 18.8.